The first-order valence-corrected chi connectivity index (χ1v) is 4.67. The van der Waals surface area contributed by atoms with Crippen molar-refractivity contribution >= 4 is 0 Å². The van der Waals surface area contributed by atoms with Gasteiger partial charge < -0.3 is 10.5 Å². The molecule has 2 heteroatoms. The van der Waals surface area contributed by atoms with Crippen LogP contribution in [-0.2, 0) is 0 Å². The average molecular weight is 177 g/mol. The van der Waals surface area contributed by atoms with Gasteiger partial charge in [-0.15, -0.1) is 0 Å². The fourth-order valence-corrected chi connectivity index (χ4v) is 1.69. The zero-order chi connectivity index (χ0) is 9.42. The quantitative estimate of drug-likeness (QED) is 0.658. The standard InChI is InChI=1S/C11H15NO/c1-7-3-4-10-9(5-7)11(12)8(2)6-13-10/h3-5,8,11H,6,12H2,1-2H3/t8?,11-/m1/s1. The molecule has 0 saturated carbocycles. The van der Waals surface area contributed by atoms with E-state index in [2.05, 4.69) is 26.0 Å². The van der Waals surface area contributed by atoms with Crippen LogP contribution in [-0.4, -0.2) is 6.61 Å². The number of hydrogen-bond donors (Lipinski definition) is 1. The molecule has 0 amide bonds. The maximum absolute atomic E-state index is 6.08. The molecule has 1 aromatic carbocycles. The zero-order valence-electron chi connectivity index (χ0n) is 8.08. The first-order valence-electron chi connectivity index (χ1n) is 4.67. The lowest BCUT2D eigenvalue weighted by molar-refractivity contribution is 0.207. The van der Waals surface area contributed by atoms with Crippen LogP contribution in [0.3, 0.4) is 0 Å². The molecule has 0 aliphatic carbocycles. The van der Waals surface area contributed by atoms with Crippen molar-refractivity contribution in [3.05, 3.63) is 29.3 Å². The van der Waals surface area contributed by atoms with Gasteiger partial charge in [-0.2, -0.15) is 0 Å². The van der Waals surface area contributed by atoms with E-state index in [0.717, 1.165) is 17.9 Å². The Balaban J connectivity index is 2.45. The van der Waals surface area contributed by atoms with Crippen LogP contribution >= 0.6 is 0 Å². The maximum atomic E-state index is 6.08. The Labute approximate surface area is 78.7 Å². The summed E-state index contributed by atoms with van der Waals surface area (Å²) < 4.78 is 5.58. The smallest absolute Gasteiger partial charge is 0.124 e. The summed E-state index contributed by atoms with van der Waals surface area (Å²) in [7, 11) is 0. The molecule has 0 bridgehead atoms. The zero-order valence-corrected chi connectivity index (χ0v) is 8.08. The van der Waals surface area contributed by atoms with E-state index in [9.17, 15) is 0 Å². The van der Waals surface area contributed by atoms with Crippen molar-refractivity contribution in [2.45, 2.75) is 19.9 Å². The van der Waals surface area contributed by atoms with Crippen LogP contribution in [0.25, 0.3) is 0 Å². The fraction of sp³-hybridized carbons (Fsp3) is 0.455. The van der Waals surface area contributed by atoms with Gasteiger partial charge in [0, 0.05) is 17.5 Å². The molecule has 1 heterocycles. The lowest BCUT2D eigenvalue weighted by Crippen LogP contribution is -2.29. The van der Waals surface area contributed by atoms with Gasteiger partial charge in [0.25, 0.3) is 0 Å². The second-order valence-corrected chi connectivity index (χ2v) is 3.86. The van der Waals surface area contributed by atoms with Gasteiger partial charge in [-0.25, -0.2) is 0 Å². The Kier molecular flexibility index (Phi) is 2.00. The molecule has 2 rings (SSSR count). The Bertz CT molecular complexity index is 322. The third-order valence-corrected chi connectivity index (χ3v) is 2.64. The summed E-state index contributed by atoms with van der Waals surface area (Å²) in [6.45, 7) is 4.93. The van der Waals surface area contributed by atoms with E-state index in [1.54, 1.807) is 0 Å². The van der Waals surface area contributed by atoms with Crippen molar-refractivity contribution in [1.82, 2.24) is 0 Å². The van der Waals surface area contributed by atoms with Crippen LogP contribution in [0.2, 0.25) is 0 Å². The molecule has 1 aromatic rings. The monoisotopic (exact) mass is 177 g/mol. The van der Waals surface area contributed by atoms with Crippen LogP contribution in [0.1, 0.15) is 24.1 Å². The molecule has 2 atom stereocenters. The van der Waals surface area contributed by atoms with E-state index in [1.165, 1.54) is 5.56 Å². The molecule has 1 aliphatic heterocycles. The molecule has 2 N–H and O–H groups in total. The molecule has 0 aromatic heterocycles. The number of ether oxygens (including phenoxy) is 1. The van der Waals surface area contributed by atoms with E-state index in [-0.39, 0.29) is 6.04 Å². The molecular weight excluding hydrogens is 162 g/mol. The average Bonchev–Trinajstić information content (AvgIpc) is 2.12. The second-order valence-electron chi connectivity index (χ2n) is 3.86. The van der Waals surface area contributed by atoms with Gasteiger partial charge >= 0.3 is 0 Å². The number of fused-ring (bicyclic) bond motifs is 1. The highest BCUT2D eigenvalue weighted by Gasteiger charge is 2.24. The van der Waals surface area contributed by atoms with Gasteiger partial charge in [0.15, 0.2) is 0 Å². The molecule has 0 saturated heterocycles. The predicted octanol–water partition coefficient (Wildman–Crippen LogP) is 2.02. The van der Waals surface area contributed by atoms with Crippen LogP contribution < -0.4 is 10.5 Å². The minimum Gasteiger partial charge on any atom is -0.493 e. The summed E-state index contributed by atoms with van der Waals surface area (Å²) >= 11 is 0. The normalized spacial score (nSPS) is 26.4. The summed E-state index contributed by atoms with van der Waals surface area (Å²) in [4.78, 5) is 0. The summed E-state index contributed by atoms with van der Waals surface area (Å²) in [6.07, 6.45) is 0. The first-order chi connectivity index (χ1) is 6.18. The van der Waals surface area contributed by atoms with Gasteiger partial charge in [0.2, 0.25) is 0 Å². The molecule has 0 radical (unpaired) electrons. The third-order valence-electron chi connectivity index (χ3n) is 2.64. The number of benzene rings is 1. The molecule has 70 valence electrons. The minimum absolute atomic E-state index is 0.128. The highest BCUT2D eigenvalue weighted by atomic mass is 16.5. The number of hydrogen-bond acceptors (Lipinski definition) is 2. The van der Waals surface area contributed by atoms with Crippen molar-refractivity contribution in [3.63, 3.8) is 0 Å². The highest BCUT2D eigenvalue weighted by Crippen LogP contribution is 2.33. The van der Waals surface area contributed by atoms with Gasteiger partial charge in [0.1, 0.15) is 5.75 Å². The van der Waals surface area contributed by atoms with Gasteiger partial charge in [-0.05, 0) is 13.0 Å². The van der Waals surface area contributed by atoms with Crippen molar-refractivity contribution in [1.29, 1.82) is 0 Å². The van der Waals surface area contributed by atoms with E-state index in [4.69, 9.17) is 10.5 Å². The first kappa shape index (κ1) is 8.57. The van der Waals surface area contributed by atoms with Crippen LogP contribution in [0.15, 0.2) is 18.2 Å². The maximum Gasteiger partial charge on any atom is 0.124 e. The van der Waals surface area contributed by atoms with Crippen molar-refractivity contribution in [2.24, 2.45) is 11.7 Å². The van der Waals surface area contributed by atoms with Crippen LogP contribution in [0, 0.1) is 12.8 Å². The van der Waals surface area contributed by atoms with Gasteiger partial charge in [-0.1, -0.05) is 24.6 Å². The largest absolute Gasteiger partial charge is 0.493 e. The number of rotatable bonds is 0. The predicted molar refractivity (Wildman–Crippen MR) is 52.8 cm³/mol. The molecule has 1 unspecified atom stereocenters. The molecule has 13 heavy (non-hydrogen) atoms. The topological polar surface area (TPSA) is 35.2 Å². The van der Waals surface area contributed by atoms with Crippen LogP contribution in [0.5, 0.6) is 5.75 Å². The van der Waals surface area contributed by atoms with Crippen LogP contribution in [0.4, 0.5) is 0 Å². The van der Waals surface area contributed by atoms with Gasteiger partial charge in [-0.3, -0.25) is 0 Å². The Hall–Kier alpha value is -1.02. The van der Waals surface area contributed by atoms with Crippen molar-refractivity contribution in [3.8, 4) is 5.75 Å². The van der Waals surface area contributed by atoms with E-state index in [1.807, 2.05) is 6.07 Å². The van der Waals surface area contributed by atoms with Crippen molar-refractivity contribution in [2.75, 3.05) is 6.61 Å². The summed E-state index contributed by atoms with van der Waals surface area (Å²) in [5.41, 5.74) is 8.47. The SMILES string of the molecule is Cc1ccc2c(c1)[C@H](N)C(C)CO2. The highest BCUT2D eigenvalue weighted by molar-refractivity contribution is 5.40. The molecule has 1 aliphatic rings. The number of nitrogens with two attached hydrogens (primary N) is 1. The summed E-state index contributed by atoms with van der Waals surface area (Å²) in [6, 6.07) is 6.32. The molecule has 0 fully saturated rings. The van der Waals surface area contributed by atoms with E-state index in [0.29, 0.717) is 5.92 Å². The van der Waals surface area contributed by atoms with Gasteiger partial charge in [0.05, 0.1) is 6.61 Å². The lowest BCUT2D eigenvalue weighted by Gasteiger charge is -2.28. The number of aryl methyl sites for hydroxylation is 1. The molecular formula is C11H15NO. The van der Waals surface area contributed by atoms with E-state index >= 15 is 0 Å². The molecule has 2 nitrogen and oxygen atoms in total. The molecule has 0 spiro atoms. The Morgan fingerprint density at radius 2 is 2.23 bits per heavy atom. The van der Waals surface area contributed by atoms with Crippen molar-refractivity contribution < 1.29 is 4.74 Å². The third kappa shape index (κ3) is 1.42. The summed E-state index contributed by atoms with van der Waals surface area (Å²) in [5.74, 6) is 1.37. The fourth-order valence-electron chi connectivity index (χ4n) is 1.69. The Morgan fingerprint density at radius 3 is 3.00 bits per heavy atom. The second kappa shape index (κ2) is 3.04. The summed E-state index contributed by atoms with van der Waals surface area (Å²) in [5, 5.41) is 0. The Morgan fingerprint density at radius 1 is 1.46 bits per heavy atom. The lowest BCUT2D eigenvalue weighted by atomic mass is 9.92. The van der Waals surface area contributed by atoms with E-state index < -0.39 is 0 Å². The minimum atomic E-state index is 0.128.